The zero-order valence-corrected chi connectivity index (χ0v) is 13.7. The first kappa shape index (κ1) is 18.1. The molecule has 6 heteroatoms. The Morgan fingerprint density at radius 1 is 1.29 bits per heavy atom. The van der Waals surface area contributed by atoms with Crippen LogP contribution in [-0.2, 0) is 4.74 Å². The first-order valence-corrected chi connectivity index (χ1v) is 7.79. The van der Waals surface area contributed by atoms with Crippen molar-refractivity contribution in [2.24, 2.45) is 0 Å². The minimum absolute atomic E-state index is 0.206. The maximum Gasteiger partial charge on any atom is 0.338 e. The van der Waals surface area contributed by atoms with Gasteiger partial charge in [0.2, 0.25) is 4.33 Å². The van der Waals surface area contributed by atoms with E-state index in [4.69, 9.17) is 44.8 Å². The van der Waals surface area contributed by atoms with Gasteiger partial charge in [-0.05, 0) is 31.4 Å². The largest absolute Gasteiger partial charge is 0.462 e. The number of nitriles is 1. The van der Waals surface area contributed by atoms with Crippen molar-refractivity contribution < 1.29 is 9.53 Å². The highest BCUT2D eigenvalue weighted by atomic mass is 35.5. The molecule has 1 atom stereocenters. The second-order valence-corrected chi connectivity index (χ2v) is 6.72. The fraction of sp³-hybridized carbons (Fsp3) is 0.467. The summed E-state index contributed by atoms with van der Waals surface area (Å²) in [6.45, 7) is 0.336. The van der Waals surface area contributed by atoms with Crippen LogP contribution in [0.1, 0.15) is 36.0 Å². The molecule has 1 rings (SSSR count). The lowest BCUT2D eigenvalue weighted by Crippen LogP contribution is -2.16. The number of esters is 1. The average molecular weight is 349 g/mol. The van der Waals surface area contributed by atoms with Gasteiger partial charge in [-0.2, -0.15) is 5.26 Å². The van der Waals surface area contributed by atoms with Crippen LogP contribution in [0.15, 0.2) is 30.3 Å². The number of nitrogens with zero attached hydrogens (tertiary/aromatic N) is 1. The summed E-state index contributed by atoms with van der Waals surface area (Å²) in [6.07, 6.45) is 2.34. The molecule has 0 N–H and O–H groups in total. The van der Waals surface area contributed by atoms with Gasteiger partial charge < -0.3 is 4.74 Å². The molecule has 0 fully saturated rings. The summed E-state index contributed by atoms with van der Waals surface area (Å²) in [5.41, 5.74) is 0.538. The van der Waals surface area contributed by atoms with E-state index in [1.54, 1.807) is 30.3 Å². The summed E-state index contributed by atoms with van der Waals surface area (Å²) < 4.78 is 3.71. The highest BCUT2D eigenvalue weighted by Gasteiger charge is 2.26. The number of ether oxygens (including phenoxy) is 1. The lowest BCUT2D eigenvalue weighted by atomic mass is 10.1. The van der Waals surface area contributed by atoms with E-state index in [1.807, 2.05) is 6.07 Å². The molecule has 0 aliphatic rings. The lowest BCUT2D eigenvalue weighted by molar-refractivity contribution is 0.0498. The number of carbonyl (C=O) groups is 1. The highest BCUT2D eigenvalue weighted by Crippen LogP contribution is 2.29. The maximum absolute atomic E-state index is 11.6. The molecule has 1 aromatic rings. The topological polar surface area (TPSA) is 50.1 Å². The van der Waals surface area contributed by atoms with Crippen LogP contribution >= 0.6 is 34.8 Å². The summed E-state index contributed by atoms with van der Waals surface area (Å²) in [5, 5.41) is 8.42. The van der Waals surface area contributed by atoms with Crippen LogP contribution in [-0.4, -0.2) is 22.3 Å². The van der Waals surface area contributed by atoms with E-state index in [0.29, 0.717) is 25.0 Å². The van der Waals surface area contributed by atoms with Gasteiger partial charge >= 0.3 is 5.97 Å². The summed E-state index contributed by atoms with van der Waals surface area (Å²) in [4.78, 5) is 11.6. The smallest absolute Gasteiger partial charge is 0.338 e. The molecule has 0 aliphatic carbocycles. The number of carbonyl (C=O) groups excluding carboxylic acids is 1. The van der Waals surface area contributed by atoms with Gasteiger partial charge in [-0.3, -0.25) is 0 Å². The molecule has 0 spiro atoms. The minimum atomic E-state index is -1.44. The monoisotopic (exact) mass is 347 g/mol. The summed E-state index contributed by atoms with van der Waals surface area (Å²) >= 11 is 17.5. The zero-order chi connectivity index (χ0) is 15.7. The van der Waals surface area contributed by atoms with Crippen LogP contribution in [0.4, 0.5) is 0 Å². The van der Waals surface area contributed by atoms with Crippen molar-refractivity contribution in [1.29, 1.82) is 5.26 Å². The fourth-order valence-electron chi connectivity index (χ4n) is 1.72. The third-order valence-corrected chi connectivity index (χ3v) is 3.65. The van der Waals surface area contributed by atoms with E-state index in [9.17, 15) is 4.79 Å². The van der Waals surface area contributed by atoms with Crippen molar-refractivity contribution >= 4 is 40.8 Å². The van der Waals surface area contributed by atoms with Crippen molar-refractivity contribution in [1.82, 2.24) is 0 Å². The van der Waals surface area contributed by atoms with Gasteiger partial charge in [0.25, 0.3) is 0 Å². The number of unbranched alkanes of at least 4 members (excludes halogenated alkanes) is 1. The predicted molar refractivity (Wildman–Crippen MR) is 84.9 cm³/mol. The molecular weight excluding hydrogens is 333 g/mol. The Balaban J connectivity index is 2.15. The van der Waals surface area contributed by atoms with E-state index >= 15 is 0 Å². The molecule has 0 saturated carbocycles. The minimum Gasteiger partial charge on any atom is -0.462 e. The second-order valence-electron chi connectivity index (χ2n) is 4.62. The van der Waals surface area contributed by atoms with Crippen LogP contribution in [0.25, 0.3) is 0 Å². The van der Waals surface area contributed by atoms with Gasteiger partial charge in [0.05, 0.1) is 12.2 Å². The van der Waals surface area contributed by atoms with E-state index in [1.165, 1.54) is 0 Å². The first-order chi connectivity index (χ1) is 9.94. The molecule has 1 aromatic carbocycles. The Labute approximate surface area is 139 Å². The van der Waals surface area contributed by atoms with E-state index in [0.717, 1.165) is 6.42 Å². The number of halogens is 3. The molecule has 0 radical (unpaired) electrons. The molecule has 0 saturated heterocycles. The molecular formula is C15H16Cl3NO2. The Bertz CT molecular complexity index is 485. The summed E-state index contributed by atoms with van der Waals surface area (Å²) in [7, 11) is 0. The molecule has 21 heavy (non-hydrogen) atoms. The third kappa shape index (κ3) is 7.57. The van der Waals surface area contributed by atoms with Gasteiger partial charge in [0.1, 0.15) is 6.07 Å². The Morgan fingerprint density at radius 3 is 2.57 bits per heavy atom. The standard InChI is InChI=1S/C15H16Cl3NO2/c16-13(10-15(17,18)11-19)8-4-5-9-21-14(20)12-6-2-1-3-7-12/h1-3,6-7,13H,4-5,8-10H2. The van der Waals surface area contributed by atoms with Crippen molar-refractivity contribution in [3.63, 3.8) is 0 Å². The SMILES string of the molecule is N#CC(Cl)(Cl)CC(Cl)CCCCOC(=O)c1ccccc1. The van der Waals surface area contributed by atoms with Crippen LogP contribution < -0.4 is 0 Å². The zero-order valence-electron chi connectivity index (χ0n) is 11.4. The second kappa shape index (κ2) is 9.15. The van der Waals surface area contributed by atoms with Crippen molar-refractivity contribution in [3.8, 4) is 6.07 Å². The number of alkyl halides is 3. The molecule has 0 aliphatic heterocycles. The quantitative estimate of drug-likeness (QED) is 0.388. The molecule has 0 heterocycles. The molecule has 0 bridgehead atoms. The van der Waals surface area contributed by atoms with Crippen molar-refractivity contribution in [2.75, 3.05) is 6.61 Å². The van der Waals surface area contributed by atoms with Crippen LogP contribution in [0.5, 0.6) is 0 Å². The molecule has 114 valence electrons. The van der Waals surface area contributed by atoms with Crippen LogP contribution in [0, 0.1) is 11.3 Å². The molecule has 1 unspecified atom stereocenters. The Hall–Kier alpha value is -0.950. The summed E-state index contributed by atoms with van der Waals surface area (Å²) in [5.74, 6) is -0.331. The molecule has 0 aromatic heterocycles. The normalized spacial score (nSPS) is 12.5. The predicted octanol–water partition coefficient (Wildman–Crippen LogP) is 4.71. The molecule has 3 nitrogen and oxygen atoms in total. The number of hydrogen-bond acceptors (Lipinski definition) is 3. The highest BCUT2D eigenvalue weighted by molar-refractivity contribution is 6.50. The number of hydrogen-bond donors (Lipinski definition) is 0. The maximum atomic E-state index is 11.6. The van der Waals surface area contributed by atoms with Crippen LogP contribution in [0.3, 0.4) is 0 Å². The molecule has 0 amide bonds. The average Bonchev–Trinajstić information content (AvgIpc) is 2.47. The van der Waals surface area contributed by atoms with E-state index in [2.05, 4.69) is 0 Å². The fourth-order valence-corrected chi connectivity index (χ4v) is 2.63. The Kier molecular flexibility index (Phi) is 7.88. The van der Waals surface area contributed by atoms with Crippen molar-refractivity contribution in [2.45, 2.75) is 35.4 Å². The van der Waals surface area contributed by atoms with E-state index < -0.39 is 4.33 Å². The number of rotatable bonds is 8. The van der Waals surface area contributed by atoms with E-state index in [-0.39, 0.29) is 17.8 Å². The lowest BCUT2D eigenvalue weighted by Gasteiger charge is -2.14. The summed E-state index contributed by atoms with van der Waals surface area (Å²) in [6, 6.07) is 10.6. The van der Waals surface area contributed by atoms with Gasteiger partial charge in [0.15, 0.2) is 0 Å². The number of benzene rings is 1. The van der Waals surface area contributed by atoms with Gasteiger partial charge in [0, 0.05) is 11.8 Å². The van der Waals surface area contributed by atoms with Crippen LogP contribution in [0.2, 0.25) is 0 Å². The Morgan fingerprint density at radius 2 is 1.95 bits per heavy atom. The van der Waals surface area contributed by atoms with Gasteiger partial charge in [-0.1, -0.05) is 41.4 Å². The van der Waals surface area contributed by atoms with Gasteiger partial charge in [-0.15, -0.1) is 11.6 Å². The first-order valence-electron chi connectivity index (χ1n) is 6.60. The third-order valence-electron chi connectivity index (χ3n) is 2.80. The van der Waals surface area contributed by atoms with Crippen molar-refractivity contribution in [3.05, 3.63) is 35.9 Å². The van der Waals surface area contributed by atoms with Gasteiger partial charge in [-0.25, -0.2) is 4.79 Å².